The molecule has 0 amide bonds. The van der Waals surface area contributed by atoms with Gasteiger partial charge >= 0.3 is 0 Å². The number of rotatable bonds is 7. The predicted octanol–water partition coefficient (Wildman–Crippen LogP) is 3.27. The van der Waals surface area contributed by atoms with Crippen LogP contribution in [0.1, 0.15) is 29.5 Å². The maximum absolute atomic E-state index is 13.1. The third-order valence-electron chi connectivity index (χ3n) is 5.13. The zero-order valence-corrected chi connectivity index (χ0v) is 17.9. The second kappa shape index (κ2) is 9.09. The lowest BCUT2D eigenvalue weighted by Gasteiger charge is -2.28. The highest BCUT2D eigenvalue weighted by Gasteiger charge is 2.22. The summed E-state index contributed by atoms with van der Waals surface area (Å²) in [5, 5.41) is 0.626. The molecule has 0 spiro atoms. The van der Waals surface area contributed by atoms with Gasteiger partial charge in [0.1, 0.15) is 11.6 Å². The first-order valence-corrected chi connectivity index (χ1v) is 11.0. The van der Waals surface area contributed by atoms with E-state index in [4.69, 9.17) is 19.7 Å². The van der Waals surface area contributed by atoms with Crippen LogP contribution in [0.25, 0.3) is 11.2 Å². The van der Waals surface area contributed by atoms with Gasteiger partial charge in [-0.2, -0.15) is 0 Å². The standard InChI is InChI=1S/C21H24FN5O2S/c1-3-17-23-18-19(26(17)2)24-21(25-20(18)27-9-11-29-12-10-27)30-13-8-16(28)14-4-6-15(22)7-5-14/h4-7H,3,8-13H2,1-2H3. The number of morpholine rings is 1. The first-order valence-electron chi connectivity index (χ1n) is 10.0. The Labute approximate surface area is 178 Å². The van der Waals surface area contributed by atoms with E-state index in [0.29, 0.717) is 36.1 Å². The van der Waals surface area contributed by atoms with E-state index in [1.54, 1.807) is 0 Å². The average molecular weight is 430 g/mol. The fourth-order valence-electron chi connectivity index (χ4n) is 3.46. The first-order chi connectivity index (χ1) is 14.6. The van der Waals surface area contributed by atoms with Crippen LogP contribution in [-0.2, 0) is 18.2 Å². The van der Waals surface area contributed by atoms with Gasteiger partial charge in [-0.25, -0.2) is 19.3 Å². The Kier molecular flexibility index (Phi) is 6.29. The molecule has 7 nitrogen and oxygen atoms in total. The van der Waals surface area contributed by atoms with Crippen molar-refractivity contribution in [1.29, 1.82) is 0 Å². The maximum atomic E-state index is 13.1. The minimum atomic E-state index is -0.346. The topological polar surface area (TPSA) is 73.1 Å². The molecule has 3 aromatic rings. The Hall–Kier alpha value is -2.52. The molecule has 4 rings (SSSR count). The third-order valence-corrected chi connectivity index (χ3v) is 5.97. The van der Waals surface area contributed by atoms with E-state index in [0.717, 1.165) is 42.3 Å². The molecule has 9 heteroatoms. The minimum Gasteiger partial charge on any atom is -0.378 e. The Morgan fingerprint density at radius 2 is 1.90 bits per heavy atom. The van der Waals surface area contributed by atoms with Crippen molar-refractivity contribution in [3.8, 4) is 0 Å². The van der Waals surface area contributed by atoms with E-state index in [2.05, 4.69) is 11.8 Å². The zero-order chi connectivity index (χ0) is 21.1. The third kappa shape index (κ3) is 4.32. The van der Waals surface area contributed by atoms with Crippen LogP contribution >= 0.6 is 11.8 Å². The molecule has 1 saturated heterocycles. The van der Waals surface area contributed by atoms with Gasteiger partial charge in [-0.05, 0) is 24.3 Å². The molecule has 30 heavy (non-hydrogen) atoms. The minimum absolute atomic E-state index is 0.0224. The quantitative estimate of drug-likeness (QED) is 0.324. The van der Waals surface area contributed by atoms with Gasteiger partial charge in [0.05, 0.1) is 13.2 Å². The Bertz CT molecular complexity index is 1050. The number of aryl methyl sites for hydroxylation is 2. The predicted molar refractivity (Wildman–Crippen MR) is 115 cm³/mol. The molecule has 0 bridgehead atoms. The molecular formula is C21H24FN5O2S. The molecule has 0 N–H and O–H groups in total. The lowest BCUT2D eigenvalue weighted by atomic mass is 10.1. The molecule has 0 radical (unpaired) electrons. The van der Waals surface area contributed by atoms with Crippen LogP contribution in [0.3, 0.4) is 0 Å². The van der Waals surface area contributed by atoms with E-state index in [1.807, 2.05) is 11.6 Å². The van der Waals surface area contributed by atoms with Gasteiger partial charge < -0.3 is 14.2 Å². The fraction of sp³-hybridized carbons (Fsp3) is 0.429. The zero-order valence-electron chi connectivity index (χ0n) is 17.1. The lowest BCUT2D eigenvalue weighted by Crippen LogP contribution is -2.37. The van der Waals surface area contributed by atoms with E-state index >= 15 is 0 Å². The molecule has 1 aliphatic rings. The summed E-state index contributed by atoms with van der Waals surface area (Å²) in [6.45, 7) is 4.91. The van der Waals surface area contributed by atoms with Crippen LogP contribution in [0.5, 0.6) is 0 Å². The van der Waals surface area contributed by atoms with Crippen molar-refractivity contribution in [2.45, 2.75) is 24.9 Å². The van der Waals surface area contributed by atoms with E-state index in [9.17, 15) is 9.18 Å². The summed E-state index contributed by atoms with van der Waals surface area (Å²) in [5.41, 5.74) is 2.13. The van der Waals surface area contributed by atoms with Crippen LogP contribution in [0.15, 0.2) is 29.4 Å². The number of thioether (sulfide) groups is 1. The van der Waals surface area contributed by atoms with E-state index in [-0.39, 0.29) is 11.6 Å². The molecule has 0 aliphatic carbocycles. The summed E-state index contributed by atoms with van der Waals surface area (Å²) in [6.07, 6.45) is 1.14. The SMILES string of the molecule is CCc1nc2c(N3CCOCC3)nc(SCCC(=O)c3ccc(F)cc3)nc2n1C. The fourth-order valence-corrected chi connectivity index (χ4v) is 4.24. The largest absolute Gasteiger partial charge is 0.378 e. The van der Waals surface area contributed by atoms with Crippen molar-refractivity contribution in [2.24, 2.45) is 7.05 Å². The van der Waals surface area contributed by atoms with Gasteiger partial charge in [-0.1, -0.05) is 18.7 Å². The molecule has 3 heterocycles. The molecule has 1 fully saturated rings. The van der Waals surface area contributed by atoms with Crippen LogP contribution in [0.2, 0.25) is 0 Å². The van der Waals surface area contributed by atoms with Crippen molar-refractivity contribution in [3.63, 3.8) is 0 Å². The number of Topliss-reactive ketones (excluding diaryl/α,β-unsaturated/α-hetero) is 1. The highest BCUT2D eigenvalue weighted by Crippen LogP contribution is 2.28. The van der Waals surface area contributed by atoms with E-state index in [1.165, 1.54) is 36.0 Å². The summed E-state index contributed by atoms with van der Waals surface area (Å²) in [4.78, 5) is 28.8. The summed E-state index contributed by atoms with van der Waals surface area (Å²) < 4.78 is 20.5. The van der Waals surface area contributed by atoms with Gasteiger partial charge in [0.2, 0.25) is 0 Å². The first kappa shape index (κ1) is 20.7. The number of hydrogen-bond donors (Lipinski definition) is 0. The normalized spacial score (nSPS) is 14.4. The Morgan fingerprint density at radius 3 is 2.60 bits per heavy atom. The molecule has 2 aromatic heterocycles. The highest BCUT2D eigenvalue weighted by atomic mass is 32.2. The average Bonchev–Trinajstić information content (AvgIpc) is 3.10. The maximum Gasteiger partial charge on any atom is 0.191 e. The monoisotopic (exact) mass is 429 g/mol. The molecular weight excluding hydrogens is 405 g/mol. The molecule has 0 saturated carbocycles. The highest BCUT2D eigenvalue weighted by molar-refractivity contribution is 7.99. The van der Waals surface area contributed by atoms with Crippen LogP contribution in [-0.4, -0.2) is 57.4 Å². The number of hydrogen-bond acceptors (Lipinski definition) is 7. The number of nitrogens with zero attached hydrogens (tertiary/aromatic N) is 5. The lowest BCUT2D eigenvalue weighted by molar-refractivity contribution is 0.0989. The van der Waals surface area contributed by atoms with Crippen molar-refractivity contribution < 1.29 is 13.9 Å². The summed E-state index contributed by atoms with van der Waals surface area (Å²) >= 11 is 1.45. The number of imidazole rings is 1. The molecule has 1 aromatic carbocycles. The van der Waals surface area contributed by atoms with Gasteiger partial charge in [0, 0.05) is 44.3 Å². The number of carbonyl (C=O) groups excluding carboxylic acids is 1. The number of benzene rings is 1. The van der Waals surface area contributed by atoms with Crippen LogP contribution < -0.4 is 4.90 Å². The number of aromatic nitrogens is 4. The van der Waals surface area contributed by atoms with Crippen molar-refractivity contribution >= 4 is 34.5 Å². The number of carbonyl (C=O) groups is 1. The van der Waals surface area contributed by atoms with Crippen molar-refractivity contribution in [2.75, 3.05) is 37.0 Å². The van der Waals surface area contributed by atoms with Crippen molar-refractivity contribution in [3.05, 3.63) is 41.5 Å². The molecule has 158 valence electrons. The Morgan fingerprint density at radius 1 is 1.17 bits per heavy atom. The van der Waals surface area contributed by atoms with Gasteiger partial charge in [-0.3, -0.25) is 4.79 Å². The van der Waals surface area contributed by atoms with Gasteiger partial charge in [0.25, 0.3) is 0 Å². The summed E-state index contributed by atoms with van der Waals surface area (Å²) in [5.74, 6) is 1.96. The molecule has 0 unspecified atom stereocenters. The molecule has 0 atom stereocenters. The van der Waals surface area contributed by atoms with Gasteiger partial charge in [-0.15, -0.1) is 0 Å². The van der Waals surface area contributed by atoms with Gasteiger partial charge in [0.15, 0.2) is 27.9 Å². The second-order valence-corrected chi connectivity index (χ2v) is 8.13. The smallest absolute Gasteiger partial charge is 0.191 e. The number of ether oxygens (including phenoxy) is 1. The Balaban J connectivity index is 1.55. The number of fused-ring (bicyclic) bond motifs is 1. The van der Waals surface area contributed by atoms with Crippen molar-refractivity contribution in [1.82, 2.24) is 19.5 Å². The number of halogens is 1. The summed E-state index contributed by atoms with van der Waals surface area (Å²) in [6, 6.07) is 5.65. The van der Waals surface area contributed by atoms with Crippen LogP contribution in [0, 0.1) is 5.82 Å². The summed E-state index contributed by atoms with van der Waals surface area (Å²) in [7, 11) is 1.97. The second-order valence-electron chi connectivity index (χ2n) is 7.07. The van der Waals surface area contributed by atoms with Crippen LogP contribution in [0.4, 0.5) is 10.2 Å². The number of ketones is 1. The van der Waals surface area contributed by atoms with E-state index < -0.39 is 0 Å². The molecule has 1 aliphatic heterocycles. The number of anilines is 1.